The molecule has 104 valence electrons. The van der Waals surface area contributed by atoms with Gasteiger partial charge in [0.15, 0.2) is 0 Å². The molecule has 0 aliphatic carbocycles. The lowest BCUT2D eigenvalue weighted by Crippen LogP contribution is -2.28. The first-order valence-corrected chi connectivity index (χ1v) is 7.29. The van der Waals surface area contributed by atoms with Gasteiger partial charge in [-0.1, -0.05) is 19.3 Å². The molecule has 1 aromatic rings. The van der Waals surface area contributed by atoms with Crippen molar-refractivity contribution in [3.8, 4) is 0 Å². The summed E-state index contributed by atoms with van der Waals surface area (Å²) >= 11 is 0. The van der Waals surface area contributed by atoms with Crippen LogP contribution in [0.25, 0.3) is 0 Å². The van der Waals surface area contributed by atoms with Gasteiger partial charge in [-0.2, -0.15) is 0 Å². The lowest BCUT2D eigenvalue weighted by molar-refractivity contribution is 0.0955. The summed E-state index contributed by atoms with van der Waals surface area (Å²) in [5.74, 6) is -0.0381. The van der Waals surface area contributed by atoms with Crippen LogP contribution in [0.1, 0.15) is 49.4 Å². The van der Waals surface area contributed by atoms with E-state index in [1.165, 1.54) is 32.1 Å². The summed E-state index contributed by atoms with van der Waals surface area (Å²) in [5.41, 5.74) is 1.73. The third-order valence-corrected chi connectivity index (χ3v) is 3.54. The monoisotopic (exact) mass is 261 g/mol. The van der Waals surface area contributed by atoms with Gasteiger partial charge < -0.3 is 10.2 Å². The van der Waals surface area contributed by atoms with Crippen LogP contribution in [-0.4, -0.2) is 30.5 Å². The highest BCUT2D eigenvalue weighted by molar-refractivity contribution is 5.94. The lowest BCUT2D eigenvalue weighted by atomic mass is 10.1. The van der Waals surface area contributed by atoms with Crippen molar-refractivity contribution >= 4 is 11.6 Å². The minimum atomic E-state index is -0.0381. The number of hydrogen-bond acceptors (Lipinski definition) is 3. The van der Waals surface area contributed by atoms with Crippen LogP contribution >= 0.6 is 0 Å². The fourth-order valence-electron chi connectivity index (χ4n) is 2.49. The quantitative estimate of drug-likeness (QED) is 0.909. The third kappa shape index (κ3) is 3.94. The van der Waals surface area contributed by atoms with E-state index in [0.29, 0.717) is 12.1 Å². The first-order chi connectivity index (χ1) is 9.31. The minimum Gasteiger partial charge on any atom is -0.370 e. The second kappa shape index (κ2) is 7.12. The highest BCUT2D eigenvalue weighted by Gasteiger charge is 2.12. The molecule has 1 aliphatic rings. The number of nitrogens with one attached hydrogen (secondary N) is 1. The van der Waals surface area contributed by atoms with Gasteiger partial charge in [-0.05, 0) is 25.8 Å². The summed E-state index contributed by atoms with van der Waals surface area (Å²) in [6, 6.07) is 1.96. The van der Waals surface area contributed by atoms with Crippen LogP contribution in [-0.2, 0) is 0 Å². The maximum absolute atomic E-state index is 11.8. The number of amides is 1. The first kappa shape index (κ1) is 13.8. The van der Waals surface area contributed by atoms with Gasteiger partial charge >= 0.3 is 0 Å². The zero-order valence-electron chi connectivity index (χ0n) is 11.7. The number of aromatic nitrogens is 1. The van der Waals surface area contributed by atoms with Crippen LogP contribution in [0.3, 0.4) is 0 Å². The van der Waals surface area contributed by atoms with Gasteiger partial charge in [-0.15, -0.1) is 0 Å². The summed E-state index contributed by atoms with van der Waals surface area (Å²) < 4.78 is 0. The van der Waals surface area contributed by atoms with E-state index >= 15 is 0 Å². The topological polar surface area (TPSA) is 45.2 Å². The van der Waals surface area contributed by atoms with Crippen molar-refractivity contribution in [3.63, 3.8) is 0 Å². The normalized spacial score (nSPS) is 16.6. The van der Waals surface area contributed by atoms with E-state index in [1.807, 2.05) is 19.2 Å². The third-order valence-electron chi connectivity index (χ3n) is 3.54. The first-order valence-electron chi connectivity index (χ1n) is 7.29. The molecule has 4 heteroatoms. The van der Waals surface area contributed by atoms with Gasteiger partial charge in [-0.3, -0.25) is 9.78 Å². The maximum atomic E-state index is 11.8. The molecule has 1 amide bonds. The second-order valence-corrected chi connectivity index (χ2v) is 5.05. The molecule has 0 unspecified atom stereocenters. The number of pyridine rings is 1. The number of hydrogen-bond donors (Lipinski definition) is 1. The van der Waals surface area contributed by atoms with Gasteiger partial charge in [0.25, 0.3) is 5.91 Å². The van der Waals surface area contributed by atoms with Crippen LogP contribution in [0.15, 0.2) is 18.5 Å². The highest BCUT2D eigenvalue weighted by atomic mass is 16.1. The average molecular weight is 261 g/mol. The van der Waals surface area contributed by atoms with E-state index in [9.17, 15) is 4.79 Å². The number of carbonyl (C=O) groups is 1. The van der Waals surface area contributed by atoms with Gasteiger partial charge in [0.2, 0.25) is 0 Å². The molecule has 0 aromatic carbocycles. The molecule has 0 spiro atoms. The second-order valence-electron chi connectivity index (χ2n) is 5.05. The van der Waals surface area contributed by atoms with Gasteiger partial charge in [-0.25, -0.2) is 0 Å². The Labute approximate surface area is 115 Å². The summed E-state index contributed by atoms with van der Waals surface area (Å²) in [4.78, 5) is 18.4. The Hall–Kier alpha value is -1.58. The van der Waals surface area contributed by atoms with Crippen LogP contribution in [0, 0.1) is 0 Å². The average Bonchev–Trinajstić information content (AvgIpc) is 2.39. The number of nitrogens with zero attached hydrogens (tertiary/aromatic N) is 2. The molecule has 19 heavy (non-hydrogen) atoms. The van der Waals surface area contributed by atoms with Crippen molar-refractivity contribution in [1.29, 1.82) is 0 Å². The highest BCUT2D eigenvalue weighted by Crippen LogP contribution is 2.19. The van der Waals surface area contributed by atoms with Crippen LogP contribution in [0.2, 0.25) is 0 Å². The molecule has 2 heterocycles. The van der Waals surface area contributed by atoms with Crippen LogP contribution in [0.5, 0.6) is 0 Å². The molecule has 0 atom stereocenters. The zero-order valence-corrected chi connectivity index (χ0v) is 11.7. The summed E-state index contributed by atoms with van der Waals surface area (Å²) in [5, 5.41) is 2.82. The molecular formula is C15H23N3O. The minimum absolute atomic E-state index is 0.0381. The summed E-state index contributed by atoms with van der Waals surface area (Å²) in [6.07, 6.45) is 9.92. The zero-order chi connectivity index (χ0) is 13.5. The molecule has 2 rings (SSSR count). The van der Waals surface area contributed by atoms with Crippen molar-refractivity contribution in [2.24, 2.45) is 0 Å². The number of carbonyl (C=O) groups excluding carboxylic acids is 1. The maximum Gasteiger partial charge on any atom is 0.252 e. The van der Waals surface area contributed by atoms with Crippen molar-refractivity contribution in [3.05, 3.63) is 24.0 Å². The van der Waals surface area contributed by atoms with E-state index < -0.39 is 0 Å². The predicted octanol–water partition coefficient (Wildman–Crippen LogP) is 2.60. The Balaban J connectivity index is 2.10. The van der Waals surface area contributed by atoms with E-state index in [-0.39, 0.29) is 5.91 Å². The van der Waals surface area contributed by atoms with Gasteiger partial charge in [0.05, 0.1) is 17.4 Å². The van der Waals surface area contributed by atoms with E-state index in [4.69, 9.17) is 0 Å². The van der Waals surface area contributed by atoms with E-state index in [1.54, 1.807) is 6.20 Å². The predicted molar refractivity (Wildman–Crippen MR) is 77.5 cm³/mol. The molecule has 0 saturated carbocycles. The molecule has 0 bridgehead atoms. The number of rotatable bonds is 3. The smallest absolute Gasteiger partial charge is 0.252 e. The summed E-state index contributed by atoms with van der Waals surface area (Å²) in [6.45, 7) is 4.71. The Kier molecular flexibility index (Phi) is 5.19. The van der Waals surface area contributed by atoms with Crippen molar-refractivity contribution in [2.45, 2.75) is 39.0 Å². The van der Waals surface area contributed by atoms with Crippen LogP contribution < -0.4 is 10.2 Å². The fraction of sp³-hybridized carbons (Fsp3) is 0.600. The Morgan fingerprint density at radius 3 is 2.58 bits per heavy atom. The van der Waals surface area contributed by atoms with Gasteiger partial charge in [0.1, 0.15) is 0 Å². The lowest BCUT2D eigenvalue weighted by Gasteiger charge is -2.26. The fourth-order valence-corrected chi connectivity index (χ4v) is 2.49. The Morgan fingerprint density at radius 1 is 1.21 bits per heavy atom. The molecule has 0 radical (unpaired) electrons. The molecule has 1 saturated heterocycles. The number of anilines is 1. The SMILES string of the molecule is CCNC(=O)c1cncc(N2CCCCCCC2)c1. The van der Waals surface area contributed by atoms with Crippen molar-refractivity contribution in [2.75, 3.05) is 24.5 Å². The molecular weight excluding hydrogens is 238 g/mol. The standard InChI is InChI=1S/C15H23N3O/c1-2-17-15(19)13-10-14(12-16-11-13)18-8-6-4-3-5-7-9-18/h10-12H,2-9H2,1H3,(H,17,19). The molecule has 1 N–H and O–H groups in total. The summed E-state index contributed by atoms with van der Waals surface area (Å²) in [7, 11) is 0. The van der Waals surface area contributed by atoms with Crippen LogP contribution in [0.4, 0.5) is 5.69 Å². The van der Waals surface area contributed by atoms with E-state index in [2.05, 4.69) is 15.2 Å². The Morgan fingerprint density at radius 2 is 1.89 bits per heavy atom. The van der Waals surface area contributed by atoms with Crippen molar-refractivity contribution < 1.29 is 4.79 Å². The molecule has 4 nitrogen and oxygen atoms in total. The molecule has 1 aromatic heterocycles. The molecule has 1 aliphatic heterocycles. The van der Waals surface area contributed by atoms with E-state index in [0.717, 1.165) is 18.8 Å². The Bertz CT molecular complexity index is 412. The largest absolute Gasteiger partial charge is 0.370 e. The van der Waals surface area contributed by atoms with Gasteiger partial charge in [0, 0.05) is 25.8 Å². The molecule has 1 fully saturated rings. The van der Waals surface area contributed by atoms with Crippen molar-refractivity contribution in [1.82, 2.24) is 10.3 Å².